The number of hydrogen-bond acceptors (Lipinski definition) is 2. The fourth-order valence-corrected chi connectivity index (χ4v) is 3.13. The van der Waals surface area contributed by atoms with Crippen LogP contribution in [-0.2, 0) is 6.54 Å². The Balaban J connectivity index is 1.49. The number of halogens is 1. The van der Waals surface area contributed by atoms with Gasteiger partial charge in [0.15, 0.2) is 0 Å². The van der Waals surface area contributed by atoms with E-state index in [1.165, 1.54) is 18.6 Å². The normalized spacial score (nSPS) is 19.6. The number of rotatable bonds is 4. The van der Waals surface area contributed by atoms with Gasteiger partial charge in [0.1, 0.15) is 23.0 Å². The van der Waals surface area contributed by atoms with E-state index in [0.717, 1.165) is 17.0 Å². The largest absolute Gasteiger partial charge is 0.464 e. The maximum Gasteiger partial charge on any atom is 0.270 e. The number of amides is 1. The first-order valence-corrected chi connectivity index (χ1v) is 8.13. The molecular weight excluding hydrogens is 307 g/mol. The highest BCUT2D eigenvalue weighted by molar-refractivity contribution is 5.97. The summed E-state index contributed by atoms with van der Waals surface area (Å²) in [4.78, 5) is 17.2. The van der Waals surface area contributed by atoms with Gasteiger partial charge in [-0.1, -0.05) is 6.92 Å². The molecule has 1 N–H and O–H groups in total. The van der Waals surface area contributed by atoms with E-state index in [-0.39, 0.29) is 11.7 Å². The average molecular weight is 326 g/mol. The van der Waals surface area contributed by atoms with Crippen LogP contribution in [0.2, 0.25) is 0 Å². The third kappa shape index (κ3) is 2.70. The quantitative estimate of drug-likeness (QED) is 0.777. The van der Waals surface area contributed by atoms with E-state index < -0.39 is 0 Å². The SMILES string of the molecule is C[C@H]1C[C@H]1c1ccc(CN(C)C(=O)c2cc3cc(F)ccc3[nH]2)o1. The summed E-state index contributed by atoms with van der Waals surface area (Å²) < 4.78 is 19.1. The molecule has 5 heteroatoms. The summed E-state index contributed by atoms with van der Waals surface area (Å²) in [7, 11) is 1.73. The maximum atomic E-state index is 13.3. The van der Waals surface area contributed by atoms with E-state index in [0.29, 0.717) is 29.5 Å². The van der Waals surface area contributed by atoms with E-state index in [1.807, 2.05) is 12.1 Å². The molecule has 1 saturated carbocycles. The van der Waals surface area contributed by atoms with Gasteiger partial charge in [-0.3, -0.25) is 4.79 Å². The molecule has 2 aromatic heterocycles. The number of carbonyl (C=O) groups excluding carboxylic acids is 1. The van der Waals surface area contributed by atoms with Gasteiger partial charge < -0.3 is 14.3 Å². The Hall–Kier alpha value is -2.56. The second kappa shape index (κ2) is 5.51. The first-order valence-electron chi connectivity index (χ1n) is 8.13. The topological polar surface area (TPSA) is 49.2 Å². The summed E-state index contributed by atoms with van der Waals surface area (Å²) in [5, 5.41) is 0.690. The van der Waals surface area contributed by atoms with Gasteiger partial charge in [-0.15, -0.1) is 0 Å². The number of carbonyl (C=O) groups is 1. The molecule has 2 atom stereocenters. The summed E-state index contributed by atoms with van der Waals surface area (Å²) in [6.45, 7) is 2.62. The van der Waals surface area contributed by atoms with Crippen molar-refractivity contribution in [3.05, 3.63) is 59.4 Å². The number of H-pyrrole nitrogens is 1. The van der Waals surface area contributed by atoms with Crippen LogP contribution in [0.25, 0.3) is 10.9 Å². The van der Waals surface area contributed by atoms with Crippen LogP contribution in [0.1, 0.15) is 41.3 Å². The molecule has 24 heavy (non-hydrogen) atoms. The summed E-state index contributed by atoms with van der Waals surface area (Å²) in [6.07, 6.45) is 1.17. The molecule has 0 bridgehead atoms. The first-order chi connectivity index (χ1) is 11.5. The van der Waals surface area contributed by atoms with E-state index in [1.54, 1.807) is 24.1 Å². The molecule has 0 unspecified atom stereocenters. The van der Waals surface area contributed by atoms with Crippen molar-refractivity contribution in [3.8, 4) is 0 Å². The van der Waals surface area contributed by atoms with Crippen molar-refractivity contribution < 1.29 is 13.6 Å². The number of nitrogens with zero attached hydrogens (tertiary/aromatic N) is 1. The molecule has 0 saturated heterocycles. The van der Waals surface area contributed by atoms with E-state index in [9.17, 15) is 9.18 Å². The Morgan fingerprint density at radius 2 is 2.12 bits per heavy atom. The van der Waals surface area contributed by atoms with Crippen LogP contribution >= 0.6 is 0 Å². The molecule has 1 aromatic carbocycles. The Kier molecular flexibility index (Phi) is 3.44. The summed E-state index contributed by atoms with van der Waals surface area (Å²) >= 11 is 0. The molecule has 1 amide bonds. The number of furan rings is 1. The van der Waals surface area contributed by atoms with Crippen molar-refractivity contribution in [2.75, 3.05) is 7.05 Å². The van der Waals surface area contributed by atoms with Gasteiger partial charge in [-0.25, -0.2) is 4.39 Å². The lowest BCUT2D eigenvalue weighted by Gasteiger charge is -2.14. The average Bonchev–Trinajstić information content (AvgIpc) is 2.97. The molecule has 1 aliphatic rings. The van der Waals surface area contributed by atoms with Crippen LogP contribution in [-0.4, -0.2) is 22.8 Å². The van der Waals surface area contributed by atoms with Gasteiger partial charge in [0, 0.05) is 23.9 Å². The molecular formula is C19H19FN2O2. The third-order valence-electron chi connectivity index (χ3n) is 4.71. The number of aromatic nitrogens is 1. The zero-order valence-electron chi connectivity index (χ0n) is 13.7. The minimum Gasteiger partial charge on any atom is -0.464 e. The summed E-state index contributed by atoms with van der Waals surface area (Å²) in [5.41, 5.74) is 1.19. The Morgan fingerprint density at radius 1 is 1.33 bits per heavy atom. The molecule has 124 valence electrons. The van der Waals surface area contributed by atoms with Gasteiger partial charge in [0.05, 0.1) is 6.54 Å². The van der Waals surface area contributed by atoms with Crippen LogP contribution in [0.4, 0.5) is 4.39 Å². The van der Waals surface area contributed by atoms with Crippen molar-refractivity contribution in [2.24, 2.45) is 5.92 Å². The molecule has 0 radical (unpaired) electrons. The molecule has 1 aliphatic carbocycles. The second-order valence-electron chi connectivity index (χ2n) is 6.70. The first kappa shape index (κ1) is 15.0. The van der Waals surface area contributed by atoms with Gasteiger partial charge in [-0.2, -0.15) is 0 Å². The van der Waals surface area contributed by atoms with Crippen LogP contribution in [0.3, 0.4) is 0 Å². The number of nitrogens with one attached hydrogen (secondary N) is 1. The Labute approximate surface area is 139 Å². The smallest absolute Gasteiger partial charge is 0.270 e. The molecule has 2 heterocycles. The predicted octanol–water partition coefficient (Wildman–Crippen LogP) is 4.30. The fraction of sp³-hybridized carbons (Fsp3) is 0.316. The van der Waals surface area contributed by atoms with Crippen molar-refractivity contribution in [1.82, 2.24) is 9.88 Å². The summed E-state index contributed by atoms with van der Waals surface area (Å²) in [6, 6.07) is 10.0. The molecule has 4 rings (SSSR count). The number of benzene rings is 1. The van der Waals surface area contributed by atoms with Crippen LogP contribution in [0, 0.1) is 11.7 Å². The third-order valence-corrected chi connectivity index (χ3v) is 4.71. The maximum absolute atomic E-state index is 13.3. The highest BCUT2D eigenvalue weighted by Crippen LogP contribution is 2.47. The van der Waals surface area contributed by atoms with Crippen LogP contribution in [0.5, 0.6) is 0 Å². The van der Waals surface area contributed by atoms with E-state index in [2.05, 4.69) is 11.9 Å². The standard InChI is InChI=1S/C19H19FN2O2/c1-11-7-15(11)18-6-4-14(24-18)10-22(2)19(23)17-9-12-8-13(20)3-5-16(12)21-17/h3-6,8-9,11,15,21H,7,10H2,1-2H3/t11-,15+/m0/s1. The molecule has 4 nitrogen and oxygen atoms in total. The minimum absolute atomic E-state index is 0.149. The molecule has 0 aliphatic heterocycles. The lowest BCUT2D eigenvalue weighted by atomic mass is 10.2. The summed E-state index contributed by atoms with van der Waals surface area (Å²) in [5.74, 6) is 2.55. The van der Waals surface area contributed by atoms with Crippen LogP contribution < -0.4 is 0 Å². The molecule has 0 spiro atoms. The van der Waals surface area contributed by atoms with Gasteiger partial charge in [0.25, 0.3) is 5.91 Å². The minimum atomic E-state index is -0.314. The van der Waals surface area contributed by atoms with Gasteiger partial charge in [-0.05, 0) is 48.7 Å². The zero-order valence-corrected chi connectivity index (χ0v) is 13.7. The van der Waals surface area contributed by atoms with Crippen LogP contribution in [0.15, 0.2) is 40.8 Å². The number of aromatic amines is 1. The monoisotopic (exact) mass is 326 g/mol. The molecule has 3 aromatic rings. The second-order valence-corrected chi connectivity index (χ2v) is 6.70. The van der Waals surface area contributed by atoms with Gasteiger partial charge in [0.2, 0.25) is 0 Å². The van der Waals surface area contributed by atoms with Gasteiger partial charge >= 0.3 is 0 Å². The Morgan fingerprint density at radius 3 is 2.88 bits per heavy atom. The van der Waals surface area contributed by atoms with Crippen molar-refractivity contribution in [3.63, 3.8) is 0 Å². The zero-order chi connectivity index (χ0) is 16.8. The van der Waals surface area contributed by atoms with Crippen molar-refractivity contribution in [2.45, 2.75) is 25.8 Å². The molecule has 1 fully saturated rings. The highest BCUT2D eigenvalue weighted by atomic mass is 19.1. The van der Waals surface area contributed by atoms with Crippen molar-refractivity contribution >= 4 is 16.8 Å². The number of hydrogen-bond donors (Lipinski definition) is 1. The Bertz CT molecular complexity index is 911. The van der Waals surface area contributed by atoms with E-state index >= 15 is 0 Å². The highest BCUT2D eigenvalue weighted by Gasteiger charge is 2.36. The lowest BCUT2D eigenvalue weighted by molar-refractivity contribution is 0.0770. The fourth-order valence-electron chi connectivity index (χ4n) is 3.13. The predicted molar refractivity (Wildman–Crippen MR) is 89.3 cm³/mol. The van der Waals surface area contributed by atoms with Crippen molar-refractivity contribution in [1.29, 1.82) is 0 Å². The van der Waals surface area contributed by atoms with E-state index in [4.69, 9.17) is 4.42 Å². The lowest BCUT2D eigenvalue weighted by Crippen LogP contribution is -2.26. The number of fused-ring (bicyclic) bond motifs is 1.